The molecule has 1 amide bonds. The van der Waals surface area contributed by atoms with Gasteiger partial charge in [0.2, 0.25) is 0 Å². The van der Waals surface area contributed by atoms with Crippen LogP contribution < -0.4 is 10.2 Å². The number of carbonyl (C=O) groups is 1. The molecule has 0 spiro atoms. The summed E-state index contributed by atoms with van der Waals surface area (Å²) >= 11 is 0. The molecule has 6 nitrogen and oxygen atoms in total. The molecule has 0 saturated carbocycles. The molecule has 0 aliphatic rings. The van der Waals surface area contributed by atoms with Gasteiger partial charge in [-0.15, -0.1) is 10.2 Å². The number of ether oxygens (including phenoxy) is 1. The van der Waals surface area contributed by atoms with Gasteiger partial charge in [-0.3, -0.25) is 4.79 Å². The fourth-order valence-electron chi connectivity index (χ4n) is 2.19. The third-order valence-corrected chi connectivity index (χ3v) is 3.53. The number of rotatable bonds is 7. The zero-order valence-corrected chi connectivity index (χ0v) is 13.3. The quantitative estimate of drug-likeness (QED) is 0.791. The average molecular weight is 302 g/mol. The molecule has 1 aromatic heterocycles. The van der Waals surface area contributed by atoms with Crippen molar-refractivity contribution in [2.75, 3.05) is 38.8 Å². The SMILES string of the molecule is CCN(C)c1nnc(C(=O)NCCCOC)c2ccccc12. The van der Waals surface area contributed by atoms with Gasteiger partial charge < -0.3 is 15.0 Å². The van der Waals surface area contributed by atoms with Crippen LogP contribution in [-0.2, 0) is 4.74 Å². The second-order valence-electron chi connectivity index (χ2n) is 5.03. The van der Waals surface area contributed by atoms with Crippen LogP contribution in [0.5, 0.6) is 0 Å². The number of hydrogen-bond donors (Lipinski definition) is 1. The number of carbonyl (C=O) groups excluding carboxylic acids is 1. The highest BCUT2D eigenvalue weighted by Crippen LogP contribution is 2.24. The predicted octanol–water partition coefficient (Wildman–Crippen LogP) is 1.85. The van der Waals surface area contributed by atoms with Crippen LogP contribution in [-0.4, -0.2) is 50.0 Å². The molecule has 0 bridgehead atoms. The molecular formula is C16H22N4O2. The van der Waals surface area contributed by atoms with Crippen molar-refractivity contribution < 1.29 is 9.53 Å². The minimum absolute atomic E-state index is 0.203. The number of aromatic nitrogens is 2. The first-order chi connectivity index (χ1) is 10.7. The van der Waals surface area contributed by atoms with E-state index in [9.17, 15) is 4.79 Å². The number of hydrogen-bond acceptors (Lipinski definition) is 5. The van der Waals surface area contributed by atoms with Crippen LogP contribution in [0.4, 0.5) is 5.82 Å². The Kier molecular flexibility index (Phi) is 5.66. The van der Waals surface area contributed by atoms with E-state index in [4.69, 9.17) is 4.74 Å². The summed E-state index contributed by atoms with van der Waals surface area (Å²) in [4.78, 5) is 14.3. The normalized spacial score (nSPS) is 10.7. The fourth-order valence-corrected chi connectivity index (χ4v) is 2.19. The molecule has 1 N–H and O–H groups in total. The molecule has 1 aromatic carbocycles. The Morgan fingerprint density at radius 2 is 2.00 bits per heavy atom. The smallest absolute Gasteiger partial charge is 0.272 e. The molecule has 0 saturated heterocycles. The molecule has 0 radical (unpaired) electrons. The molecule has 1 heterocycles. The van der Waals surface area contributed by atoms with Crippen LogP contribution >= 0.6 is 0 Å². The van der Waals surface area contributed by atoms with E-state index in [-0.39, 0.29) is 5.91 Å². The maximum Gasteiger partial charge on any atom is 0.272 e. The van der Waals surface area contributed by atoms with Crippen molar-refractivity contribution in [1.29, 1.82) is 0 Å². The maximum absolute atomic E-state index is 12.3. The van der Waals surface area contributed by atoms with Gasteiger partial charge in [-0.2, -0.15) is 0 Å². The van der Waals surface area contributed by atoms with Crippen molar-refractivity contribution in [2.45, 2.75) is 13.3 Å². The van der Waals surface area contributed by atoms with Crippen molar-refractivity contribution in [3.63, 3.8) is 0 Å². The van der Waals surface area contributed by atoms with E-state index in [2.05, 4.69) is 15.5 Å². The minimum Gasteiger partial charge on any atom is -0.385 e. The number of anilines is 1. The summed E-state index contributed by atoms with van der Waals surface area (Å²) in [6, 6.07) is 7.72. The second kappa shape index (κ2) is 7.70. The van der Waals surface area contributed by atoms with E-state index in [0.717, 1.165) is 29.6 Å². The van der Waals surface area contributed by atoms with E-state index in [1.54, 1.807) is 7.11 Å². The van der Waals surface area contributed by atoms with Crippen LogP contribution in [0, 0.1) is 0 Å². The van der Waals surface area contributed by atoms with Gasteiger partial charge in [0.25, 0.3) is 5.91 Å². The Bertz CT molecular complexity index is 645. The highest BCUT2D eigenvalue weighted by atomic mass is 16.5. The Balaban J connectivity index is 2.30. The summed E-state index contributed by atoms with van der Waals surface area (Å²) in [5.41, 5.74) is 0.362. The molecule has 0 aliphatic carbocycles. The van der Waals surface area contributed by atoms with Gasteiger partial charge in [0.1, 0.15) is 0 Å². The number of nitrogens with one attached hydrogen (secondary N) is 1. The van der Waals surface area contributed by atoms with E-state index >= 15 is 0 Å². The van der Waals surface area contributed by atoms with Crippen molar-refractivity contribution in [3.8, 4) is 0 Å². The van der Waals surface area contributed by atoms with E-state index in [1.165, 1.54) is 0 Å². The lowest BCUT2D eigenvalue weighted by atomic mass is 10.1. The number of fused-ring (bicyclic) bond motifs is 1. The molecule has 22 heavy (non-hydrogen) atoms. The predicted molar refractivity (Wildman–Crippen MR) is 87.3 cm³/mol. The Labute approximate surface area is 130 Å². The lowest BCUT2D eigenvalue weighted by molar-refractivity contribution is 0.0944. The summed E-state index contributed by atoms with van der Waals surface area (Å²) in [7, 11) is 3.60. The summed E-state index contributed by atoms with van der Waals surface area (Å²) in [5.74, 6) is 0.583. The standard InChI is InChI=1S/C16H22N4O2/c1-4-20(2)15-13-9-6-5-8-12(13)14(18-19-15)16(21)17-10-7-11-22-3/h5-6,8-9H,4,7,10-11H2,1-3H3,(H,17,21). The molecule has 6 heteroatoms. The topological polar surface area (TPSA) is 67.4 Å². The molecule has 2 rings (SSSR count). The second-order valence-corrected chi connectivity index (χ2v) is 5.03. The summed E-state index contributed by atoms with van der Waals surface area (Å²) in [6.45, 7) is 4.04. The fraction of sp³-hybridized carbons (Fsp3) is 0.438. The maximum atomic E-state index is 12.3. The molecule has 118 valence electrons. The number of amides is 1. The Hall–Kier alpha value is -2.21. The van der Waals surface area contributed by atoms with Crippen molar-refractivity contribution in [3.05, 3.63) is 30.0 Å². The van der Waals surface area contributed by atoms with Crippen LogP contribution in [0.15, 0.2) is 24.3 Å². The van der Waals surface area contributed by atoms with Gasteiger partial charge >= 0.3 is 0 Å². The summed E-state index contributed by atoms with van der Waals surface area (Å²) < 4.78 is 4.97. The minimum atomic E-state index is -0.203. The zero-order chi connectivity index (χ0) is 15.9. The van der Waals surface area contributed by atoms with E-state index < -0.39 is 0 Å². The Morgan fingerprint density at radius 1 is 1.27 bits per heavy atom. The van der Waals surface area contributed by atoms with Gasteiger partial charge in [0, 0.05) is 44.6 Å². The first-order valence-corrected chi connectivity index (χ1v) is 7.42. The van der Waals surface area contributed by atoms with Crippen molar-refractivity contribution >= 4 is 22.5 Å². The third kappa shape index (κ3) is 3.51. The van der Waals surface area contributed by atoms with Crippen molar-refractivity contribution in [2.24, 2.45) is 0 Å². The van der Waals surface area contributed by atoms with Gasteiger partial charge in [0.05, 0.1) is 0 Å². The molecule has 0 atom stereocenters. The lowest BCUT2D eigenvalue weighted by Crippen LogP contribution is -2.27. The monoisotopic (exact) mass is 302 g/mol. The third-order valence-electron chi connectivity index (χ3n) is 3.53. The van der Waals surface area contributed by atoms with Crippen molar-refractivity contribution in [1.82, 2.24) is 15.5 Å². The van der Waals surface area contributed by atoms with E-state index in [1.807, 2.05) is 43.1 Å². The number of nitrogens with zero attached hydrogens (tertiary/aromatic N) is 3. The first kappa shape index (κ1) is 16.2. The number of benzene rings is 1. The highest BCUT2D eigenvalue weighted by Gasteiger charge is 2.16. The van der Waals surface area contributed by atoms with Gasteiger partial charge in [0.15, 0.2) is 11.5 Å². The van der Waals surface area contributed by atoms with Crippen LogP contribution in [0.1, 0.15) is 23.8 Å². The largest absolute Gasteiger partial charge is 0.385 e. The van der Waals surface area contributed by atoms with Gasteiger partial charge in [-0.1, -0.05) is 24.3 Å². The first-order valence-electron chi connectivity index (χ1n) is 7.42. The molecule has 0 aliphatic heterocycles. The Morgan fingerprint density at radius 3 is 2.68 bits per heavy atom. The van der Waals surface area contributed by atoms with Gasteiger partial charge in [-0.05, 0) is 13.3 Å². The van der Waals surface area contributed by atoms with Crippen LogP contribution in [0.25, 0.3) is 10.8 Å². The van der Waals surface area contributed by atoms with Gasteiger partial charge in [-0.25, -0.2) is 0 Å². The summed E-state index contributed by atoms with van der Waals surface area (Å²) in [5, 5.41) is 13.0. The molecule has 0 unspecified atom stereocenters. The summed E-state index contributed by atoms with van der Waals surface area (Å²) in [6.07, 6.45) is 0.768. The lowest BCUT2D eigenvalue weighted by Gasteiger charge is -2.17. The molecular weight excluding hydrogens is 280 g/mol. The zero-order valence-electron chi connectivity index (χ0n) is 13.3. The average Bonchev–Trinajstić information content (AvgIpc) is 2.56. The van der Waals surface area contributed by atoms with Crippen LogP contribution in [0.2, 0.25) is 0 Å². The highest BCUT2D eigenvalue weighted by molar-refractivity contribution is 6.07. The number of methoxy groups -OCH3 is 1. The van der Waals surface area contributed by atoms with E-state index in [0.29, 0.717) is 18.8 Å². The molecule has 0 fully saturated rings. The van der Waals surface area contributed by atoms with Crippen LogP contribution in [0.3, 0.4) is 0 Å². The molecule has 2 aromatic rings.